The number of carbonyl (C=O) groups excluding carboxylic acids is 2. The van der Waals surface area contributed by atoms with Crippen LogP contribution >= 0.6 is 0 Å². The van der Waals surface area contributed by atoms with Crippen LogP contribution in [0.2, 0.25) is 0 Å². The Morgan fingerprint density at radius 2 is 1.56 bits per heavy atom. The van der Waals surface area contributed by atoms with E-state index >= 15 is 0 Å². The molecule has 3 rings (SSSR count). The van der Waals surface area contributed by atoms with Crippen LogP contribution < -0.4 is 5.32 Å². The van der Waals surface area contributed by atoms with E-state index in [0.29, 0.717) is 18.8 Å². The number of phenolic OH excluding ortho intramolecular Hbond substituents is 1. The zero-order valence-electron chi connectivity index (χ0n) is 17.7. The van der Waals surface area contributed by atoms with Gasteiger partial charge in [0.15, 0.2) is 6.61 Å². The van der Waals surface area contributed by atoms with Crippen molar-refractivity contribution in [1.29, 1.82) is 0 Å². The molecule has 168 valence electrons. The third-order valence-corrected chi connectivity index (χ3v) is 6.96. The van der Waals surface area contributed by atoms with Gasteiger partial charge in [-0.1, -0.05) is 38.1 Å². The SMILES string of the molecule is CCN(CC)S(=O)(=O)c1ccc(NC(=O)COC(=O)c2cc3ccccc3cc2O)cc1. The number of esters is 1. The van der Waals surface area contributed by atoms with Gasteiger partial charge >= 0.3 is 5.97 Å². The van der Waals surface area contributed by atoms with Crippen LogP contribution in [0.1, 0.15) is 24.2 Å². The van der Waals surface area contributed by atoms with Crippen molar-refractivity contribution in [3.05, 3.63) is 66.2 Å². The molecule has 0 bridgehead atoms. The summed E-state index contributed by atoms with van der Waals surface area (Å²) in [5, 5.41) is 14.2. The Morgan fingerprint density at radius 1 is 0.969 bits per heavy atom. The van der Waals surface area contributed by atoms with Gasteiger partial charge in [0.25, 0.3) is 5.91 Å². The third kappa shape index (κ3) is 5.06. The lowest BCUT2D eigenvalue weighted by molar-refractivity contribution is -0.119. The monoisotopic (exact) mass is 456 g/mol. The summed E-state index contributed by atoms with van der Waals surface area (Å²) in [7, 11) is -3.59. The number of anilines is 1. The van der Waals surface area contributed by atoms with Crippen molar-refractivity contribution >= 4 is 38.4 Å². The molecule has 0 radical (unpaired) electrons. The fraction of sp³-hybridized carbons (Fsp3) is 0.217. The molecule has 3 aromatic rings. The fourth-order valence-electron chi connectivity index (χ4n) is 3.22. The van der Waals surface area contributed by atoms with Gasteiger partial charge in [-0.15, -0.1) is 0 Å². The Bertz CT molecular complexity index is 1240. The Labute approximate surface area is 186 Å². The molecule has 0 unspecified atom stereocenters. The highest BCUT2D eigenvalue weighted by atomic mass is 32.2. The molecule has 8 nitrogen and oxygen atoms in total. The number of sulfonamides is 1. The fourth-order valence-corrected chi connectivity index (χ4v) is 4.68. The molecule has 1 amide bonds. The minimum absolute atomic E-state index is 0.0394. The first kappa shape index (κ1) is 23.2. The van der Waals surface area contributed by atoms with Gasteiger partial charge in [0.2, 0.25) is 10.0 Å². The summed E-state index contributed by atoms with van der Waals surface area (Å²) in [4.78, 5) is 24.6. The average molecular weight is 457 g/mol. The highest BCUT2D eigenvalue weighted by Gasteiger charge is 2.21. The first-order chi connectivity index (χ1) is 15.3. The number of benzene rings is 3. The number of hydrogen-bond donors (Lipinski definition) is 2. The second-order valence-electron chi connectivity index (χ2n) is 6.95. The summed E-state index contributed by atoms with van der Waals surface area (Å²) in [5.74, 6) is -1.67. The number of nitrogens with zero attached hydrogens (tertiary/aromatic N) is 1. The highest BCUT2D eigenvalue weighted by Crippen LogP contribution is 2.25. The maximum absolute atomic E-state index is 12.5. The first-order valence-electron chi connectivity index (χ1n) is 10.0. The molecule has 3 aromatic carbocycles. The lowest BCUT2D eigenvalue weighted by Crippen LogP contribution is -2.30. The van der Waals surface area contributed by atoms with Crippen molar-refractivity contribution < 1.29 is 27.9 Å². The van der Waals surface area contributed by atoms with Crippen molar-refractivity contribution in [2.75, 3.05) is 25.0 Å². The molecular formula is C23H24N2O6S. The zero-order chi connectivity index (χ0) is 23.3. The van der Waals surface area contributed by atoms with Crippen LogP contribution in [-0.4, -0.2) is 49.4 Å². The van der Waals surface area contributed by atoms with Gasteiger partial charge in [0.05, 0.1) is 4.90 Å². The van der Waals surface area contributed by atoms with Crippen LogP contribution in [-0.2, 0) is 19.6 Å². The second-order valence-corrected chi connectivity index (χ2v) is 8.89. The molecule has 0 heterocycles. The minimum atomic E-state index is -3.59. The summed E-state index contributed by atoms with van der Waals surface area (Å²) >= 11 is 0. The van der Waals surface area contributed by atoms with Crippen molar-refractivity contribution in [2.45, 2.75) is 18.7 Å². The largest absolute Gasteiger partial charge is 0.507 e. The Kier molecular flexibility index (Phi) is 7.12. The van der Waals surface area contributed by atoms with E-state index in [-0.39, 0.29) is 16.2 Å². The van der Waals surface area contributed by atoms with E-state index < -0.39 is 28.5 Å². The van der Waals surface area contributed by atoms with E-state index in [4.69, 9.17) is 4.74 Å². The van der Waals surface area contributed by atoms with E-state index in [1.807, 2.05) is 6.07 Å². The molecule has 0 aliphatic carbocycles. The number of fused-ring (bicyclic) bond motifs is 1. The van der Waals surface area contributed by atoms with E-state index in [1.165, 1.54) is 40.7 Å². The van der Waals surface area contributed by atoms with Crippen LogP contribution in [0, 0.1) is 0 Å². The first-order valence-corrected chi connectivity index (χ1v) is 11.5. The van der Waals surface area contributed by atoms with Crippen molar-refractivity contribution in [3.8, 4) is 5.75 Å². The minimum Gasteiger partial charge on any atom is -0.507 e. The Morgan fingerprint density at radius 3 is 2.16 bits per heavy atom. The van der Waals surface area contributed by atoms with E-state index in [1.54, 1.807) is 32.0 Å². The van der Waals surface area contributed by atoms with Gasteiger partial charge in [-0.05, 0) is 47.2 Å². The lowest BCUT2D eigenvalue weighted by atomic mass is 10.1. The number of amides is 1. The second kappa shape index (κ2) is 9.80. The third-order valence-electron chi connectivity index (χ3n) is 4.90. The van der Waals surface area contributed by atoms with Gasteiger partial charge in [0, 0.05) is 18.8 Å². The number of ether oxygens (including phenoxy) is 1. The van der Waals surface area contributed by atoms with Gasteiger partial charge in [-0.2, -0.15) is 4.31 Å². The Hall–Kier alpha value is -3.43. The van der Waals surface area contributed by atoms with Crippen molar-refractivity contribution in [1.82, 2.24) is 4.31 Å². The van der Waals surface area contributed by atoms with E-state index in [2.05, 4.69) is 5.32 Å². The van der Waals surface area contributed by atoms with Crippen LogP contribution in [0.3, 0.4) is 0 Å². The van der Waals surface area contributed by atoms with Crippen LogP contribution in [0.15, 0.2) is 65.6 Å². The molecule has 0 atom stereocenters. The molecule has 0 aromatic heterocycles. The summed E-state index contributed by atoms with van der Waals surface area (Å²) < 4.78 is 31.4. The number of rotatable bonds is 8. The molecule has 0 saturated heterocycles. The summed E-state index contributed by atoms with van der Waals surface area (Å²) in [5.41, 5.74) is 0.320. The van der Waals surface area contributed by atoms with Gasteiger partial charge in [-0.25, -0.2) is 13.2 Å². The topological polar surface area (TPSA) is 113 Å². The van der Waals surface area contributed by atoms with E-state index in [0.717, 1.165) is 10.8 Å². The number of phenols is 1. The molecule has 0 spiro atoms. The average Bonchev–Trinajstić information content (AvgIpc) is 2.78. The molecule has 0 saturated carbocycles. The molecule has 0 aliphatic rings. The maximum atomic E-state index is 12.5. The normalized spacial score (nSPS) is 11.5. The maximum Gasteiger partial charge on any atom is 0.342 e. The predicted molar refractivity (Wildman–Crippen MR) is 121 cm³/mol. The summed E-state index contributed by atoms with van der Waals surface area (Å²) in [6.07, 6.45) is 0. The molecule has 9 heteroatoms. The van der Waals surface area contributed by atoms with Gasteiger partial charge < -0.3 is 15.2 Å². The number of hydrogen-bond acceptors (Lipinski definition) is 6. The standard InChI is InChI=1S/C23H24N2O6S/c1-3-25(4-2)32(29,30)19-11-9-18(10-12-19)24-22(27)15-31-23(28)20-13-16-7-5-6-8-17(16)14-21(20)26/h5-14,26H,3-4,15H2,1-2H3,(H,24,27). The number of carbonyl (C=O) groups is 2. The quantitative estimate of drug-likeness (QED) is 0.503. The smallest absolute Gasteiger partial charge is 0.342 e. The summed E-state index contributed by atoms with van der Waals surface area (Å²) in [6.45, 7) is 3.67. The summed E-state index contributed by atoms with van der Waals surface area (Å²) in [6, 6.07) is 15.9. The Balaban J connectivity index is 1.61. The predicted octanol–water partition coefficient (Wildman–Crippen LogP) is 3.37. The molecule has 2 N–H and O–H groups in total. The van der Waals surface area contributed by atoms with Crippen LogP contribution in [0.25, 0.3) is 10.8 Å². The molecule has 32 heavy (non-hydrogen) atoms. The molecule has 0 fully saturated rings. The van der Waals surface area contributed by atoms with Gasteiger partial charge in [0.1, 0.15) is 11.3 Å². The van der Waals surface area contributed by atoms with E-state index in [9.17, 15) is 23.1 Å². The van der Waals surface area contributed by atoms with Crippen molar-refractivity contribution in [2.24, 2.45) is 0 Å². The van der Waals surface area contributed by atoms with Crippen molar-refractivity contribution in [3.63, 3.8) is 0 Å². The zero-order valence-corrected chi connectivity index (χ0v) is 18.6. The number of aromatic hydroxyl groups is 1. The van der Waals surface area contributed by atoms with Gasteiger partial charge in [-0.3, -0.25) is 4.79 Å². The number of nitrogens with one attached hydrogen (secondary N) is 1. The molecular weight excluding hydrogens is 432 g/mol. The lowest BCUT2D eigenvalue weighted by Gasteiger charge is -2.18. The molecule has 0 aliphatic heterocycles. The van der Waals surface area contributed by atoms with Crippen LogP contribution in [0.5, 0.6) is 5.75 Å². The highest BCUT2D eigenvalue weighted by molar-refractivity contribution is 7.89. The van der Waals surface area contributed by atoms with Crippen LogP contribution in [0.4, 0.5) is 5.69 Å².